The van der Waals surface area contributed by atoms with Gasteiger partial charge in [-0.25, -0.2) is 4.98 Å². The molecule has 26 heavy (non-hydrogen) atoms. The second kappa shape index (κ2) is 8.48. The molecule has 6 nitrogen and oxygen atoms in total. The van der Waals surface area contributed by atoms with E-state index in [0.717, 1.165) is 11.3 Å². The topological polar surface area (TPSA) is 79.8 Å². The Morgan fingerprint density at radius 2 is 2.08 bits per heavy atom. The first-order valence-electron chi connectivity index (χ1n) is 7.72. The van der Waals surface area contributed by atoms with Crippen molar-refractivity contribution in [3.05, 3.63) is 52.8 Å². The maximum absolute atomic E-state index is 12.0. The molecule has 0 atom stereocenters. The van der Waals surface area contributed by atoms with Crippen molar-refractivity contribution in [1.82, 2.24) is 15.2 Å². The smallest absolute Gasteiger partial charge is 0.234 e. The highest BCUT2D eigenvalue weighted by Crippen LogP contribution is 2.29. The molecule has 134 valence electrons. The van der Waals surface area contributed by atoms with Gasteiger partial charge in [-0.05, 0) is 37.6 Å². The summed E-state index contributed by atoms with van der Waals surface area (Å²) in [6.07, 6.45) is 1.57. The Morgan fingerprint density at radius 3 is 2.85 bits per heavy atom. The predicted molar refractivity (Wildman–Crippen MR) is 108 cm³/mol. The predicted octanol–water partition coefficient (Wildman–Crippen LogP) is 4.68. The van der Waals surface area contributed by atoms with Gasteiger partial charge >= 0.3 is 0 Å². The number of hydrogen-bond donors (Lipinski definition) is 2. The van der Waals surface area contributed by atoms with E-state index in [-0.39, 0.29) is 16.8 Å². The van der Waals surface area contributed by atoms with Gasteiger partial charge in [0.15, 0.2) is 9.49 Å². The van der Waals surface area contributed by atoms with Crippen LogP contribution in [0.4, 0.5) is 16.5 Å². The number of amides is 1. The maximum atomic E-state index is 12.0. The first-order valence-corrected chi connectivity index (χ1v) is 9.90. The number of hydrogen-bond acceptors (Lipinski definition) is 7. The maximum Gasteiger partial charge on any atom is 0.234 e. The van der Waals surface area contributed by atoms with Crippen LogP contribution in [0.25, 0.3) is 0 Å². The van der Waals surface area contributed by atoms with Gasteiger partial charge in [0.1, 0.15) is 0 Å². The van der Waals surface area contributed by atoms with Crippen LogP contribution >= 0.6 is 34.7 Å². The van der Waals surface area contributed by atoms with E-state index in [4.69, 9.17) is 11.6 Å². The molecule has 0 spiro atoms. The lowest BCUT2D eigenvalue weighted by Crippen LogP contribution is -2.14. The number of carbonyl (C=O) groups is 1. The van der Waals surface area contributed by atoms with Gasteiger partial charge in [0.2, 0.25) is 11.0 Å². The van der Waals surface area contributed by atoms with E-state index < -0.39 is 0 Å². The van der Waals surface area contributed by atoms with Crippen LogP contribution in [0.15, 0.2) is 40.9 Å². The van der Waals surface area contributed by atoms with Crippen LogP contribution in [0.2, 0.25) is 5.15 Å². The fraction of sp³-hybridized carbons (Fsp3) is 0.176. The van der Waals surface area contributed by atoms with Crippen LogP contribution in [0.3, 0.4) is 0 Å². The lowest BCUT2D eigenvalue weighted by molar-refractivity contribution is -0.113. The fourth-order valence-corrected chi connectivity index (χ4v) is 3.91. The number of benzene rings is 1. The van der Waals surface area contributed by atoms with Crippen molar-refractivity contribution in [1.29, 1.82) is 0 Å². The molecule has 3 aromatic rings. The highest BCUT2D eigenvalue weighted by atomic mass is 35.5. The number of aryl methyl sites for hydroxylation is 2. The van der Waals surface area contributed by atoms with E-state index in [9.17, 15) is 4.79 Å². The van der Waals surface area contributed by atoms with Crippen molar-refractivity contribution in [3.63, 3.8) is 0 Å². The number of pyridine rings is 1. The molecule has 1 amide bonds. The van der Waals surface area contributed by atoms with Crippen LogP contribution in [0.1, 0.15) is 11.1 Å². The highest BCUT2D eigenvalue weighted by molar-refractivity contribution is 8.01. The summed E-state index contributed by atoms with van der Waals surface area (Å²) in [6.45, 7) is 4.10. The lowest BCUT2D eigenvalue weighted by Gasteiger charge is -2.06. The Balaban J connectivity index is 1.55. The first-order chi connectivity index (χ1) is 12.5. The number of rotatable bonds is 6. The summed E-state index contributed by atoms with van der Waals surface area (Å²) in [5.74, 6) is 0.0349. The summed E-state index contributed by atoms with van der Waals surface area (Å²) < 4.78 is 0.713. The third-order valence-electron chi connectivity index (χ3n) is 3.39. The fourth-order valence-electron chi connectivity index (χ4n) is 2.18. The van der Waals surface area contributed by atoms with Gasteiger partial charge in [0.05, 0.1) is 11.4 Å². The second-order valence-corrected chi connectivity index (χ2v) is 8.05. The van der Waals surface area contributed by atoms with Crippen molar-refractivity contribution in [3.8, 4) is 0 Å². The van der Waals surface area contributed by atoms with E-state index in [0.29, 0.717) is 15.2 Å². The van der Waals surface area contributed by atoms with Crippen molar-refractivity contribution in [2.75, 3.05) is 16.4 Å². The van der Waals surface area contributed by atoms with Crippen LogP contribution < -0.4 is 10.6 Å². The summed E-state index contributed by atoms with van der Waals surface area (Å²) in [6, 6.07) is 9.58. The number of halogens is 1. The van der Waals surface area contributed by atoms with Gasteiger partial charge < -0.3 is 10.6 Å². The zero-order valence-electron chi connectivity index (χ0n) is 14.1. The van der Waals surface area contributed by atoms with Gasteiger partial charge in [0.25, 0.3) is 0 Å². The van der Waals surface area contributed by atoms with E-state index in [2.05, 4.69) is 38.8 Å². The van der Waals surface area contributed by atoms with Gasteiger partial charge in [-0.2, -0.15) is 0 Å². The minimum atomic E-state index is -0.177. The molecule has 0 aliphatic carbocycles. The average molecular weight is 406 g/mol. The van der Waals surface area contributed by atoms with Crippen LogP contribution in [-0.4, -0.2) is 26.8 Å². The normalized spacial score (nSPS) is 10.6. The van der Waals surface area contributed by atoms with E-state index >= 15 is 0 Å². The lowest BCUT2D eigenvalue weighted by atomic mass is 10.1. The Kier molecular flexibility index (Phi) is 6.08. The van der Waals surface area contributed by atoms with Crippen molar-refractivity contribution < 1.29 is 4.79 Å². The Bertz CT molecular complexity index is 931. The van der Waals surface area contributed by atoms with Crippen molar-refractivity contribution in [2.45, 2.75) is 18.2 Å². The molecule has 0 aliphatic heterocycles. The number of nitrogens with one attached hydrogen (secondary N) is 2. The Labute approximate surface area is 164 Å². The molecule has 2 N–H and O–H groups in total. The standard InChI is InChI=1S/C17H16ClN5OS2/c1-10-5-6-12(11(2)8-10)21-16-22-23-17(26-16)25-9-14(24)20-13-4-3-7-19-15(13)18/h3-8H,9H2,1-2H3,(H,20,24)(H,21,22). The molecule has 0 radical (unpaired) electrons. The molecule has 0 saturated carbocycles. The summed E-state index contributed by atoms with van der Waals surface area (Å²) in [5.41, 5.74) is 3.84. The van der Waals surface area contributed by atoms with Gasteiger partial charge in [0, 0.05) is 11.9 Å². The molecule has 1 aromatic carbocycles. The largest absolute Gasteiger partial charge is 0.330 e. The molecule has 0 unspecified atom stereocenters. The van der Waals surface area contributed by atoms with Crippen molar-refractivity contribution >= 4 is 57.1 Å². The summed E-state index contributed by atoms with van der Waals surface area (Å²) in [7, 11) is 0. The number of thioether (sulfide) groups is 1. The molecule has 2 heterocycles. The van der Waals surface area contributed by atoms with Gasteiger partial charge in [-0.3, -0.25) is 4.79 Å². The second-order valence-electron chi connectivity index (χ2n) is 5.50. The third-order valence-corrected chi connectivity index (χ3v) is 5.66. The molecular weight excluding hydrogens is 390 g/mol. The summed E-state index contributed by atoms with van der Waals surface area (Å²) >= 11 is 8.65. The number of anilines is 3. The van der Waals surface area contributed by atoms with Crippen LogP contribution in [0, 0.1) is 13.8 Å². The molecule has 0 bridgehead atoms. The minimum Gasteiger partial charge on any atom is -0.330 e. The zero-order valence-corrected chi connectivity index (χ0v) is 16.5. The molecule has 0 fully saturated rings. The molecule has 3 rings (SSSR count). The van der Waals surface area contributed by atoms with Gasteiger partial charge in [-0.1, -0.05) is 52.4 Å². The molecule has 9 heteroatoms. The monoisotopic (exact) mass is 405 g/mol. The summed E-state index contributed by atoms with van der Waals surface area (Å²) in [5, 5.41) is 15.2. The highest BCUT2D eigenvalue weighted by Gasteiger charge is 2.11. The SMILES string of the molecule is Cc1ccc(Nc2nnc(SCC(=O)Nc3cccnc3Cl)s2)c(C)c1. The average Bonchev–Trinajstić information content (AvgIpc) is 3.05. The van der Waals surface area contributed by atoms with Crippen LogP contribution in [-0.2, 0) is 4.79 Å². The third kappa shape index (κ3) is 4.94. The number of nitrogens with zero attached hydrogens (tertiary/aromatic N) is 3. The first kappa shape index (κ1) is 18.6. The molecule has 2 aromatic heterocycles. The Morgan fingerprint density at radius 1 is 1.23 bits per heavy atom. The number of carbonyl (C=O) groups excluding carboxylic acids is 1. The van der Waals surface area contributed by atoms with E-state index in [1.807, 2.05) is 19.1 Å². The van der Waals surface area contributed by atoms with Crippen LogP contribution in [0.5, 0.6) is 0 Å². The molecular formula is C17H16ClN5OS2. The Hall–Kier alpha value is -2.16. The zero-order chi connectivity index (χ0) is 18.5. The molecule has 0 aliphatic rings. The quantitative estimate of drug-likeness (QED) is 0.458. The summed E-state index contributed by atoms with van der Waals surface area (Å²) in [4.78, 5) is 16.0. The van der Waals surface area contributed by atoms with Gasteiger partial charge in [-0.15, -0.1) is 10.2 Å². The molecule has 0 saturated heterocycles. The van der Waals surface area contributed by atoms with Crippen molar-refractivity contribution in [2.24, 2.45) is 0 Å². The van der Waals surface area contributed by atoms with E-state index in [1.54, 1.807) is 18.3 Å². The minimum absolute atomic E-state index is 0.177. The number of aromatic nitrogens is 3. The van der Waals surface area contributed by atoms with E-state index in [1.165, 1.54) is 28.7 Å².